The molecule has 0 bridgehead atoms. The van der Waals surface area contributed by atoms with Crippen LogP contribution in [0.25, 0.3) is 11.1 Å². The molecule has 0 N–H and O–H groups in total. The summed E-state index contributed by atoms with van der Waals surface area (Å²) in [5.74, 6) is 1.14. The molecule has 2 aromatic carbocycles. The van der Waals surface area contributed by atoms with E-state index in [9.17, 15) is 4.79 Å². The predicted molar refractivity (Wildman–Crippen MR) is 88.2 cm³/mol. The summed E-state index contributed by atoms with van der Waals surface area (Å²) in [6.07, 6.45) is 3.47. The number of hydrogen-bond donors (Lipinski definition) is 0. The topological polar surface area (TPSA) is 35.5 Å². The number of rotatable bonds is 7. The summed E-state index contributed by atoms with van der Waals surface area (Å²) in [6, 6.07) is 15.5. The summed E-state index contributed by atoms with van der Waals surface area (Å²) in [5.41, 5.74) is 2.15. The van der Waals surface area contributed by atoms with Crippen LogP contribution in [-0.4, -0.2) is 12.6 Å². The van der Waals surface area contributed by atoms with E-state index in [4.69, 9.17) is 9.47 Å². The number of hydrogen-bond acceptors (Lipinski definition) is 3. The van der Waals surface area contributed by atoms with Gasteiger partial charge in [0.25, 0.3) is 0 Å². The Hall–Kier alpha value is -2.29. The van der Waals surface area contributed by atoms with Crippen LogP contribution in [0.5, 0.6) is 11.5 Å². The molecule has 0 aliphatic rings. The Morgan fingerprint density at radius 2 is 1.73 bits per heavy atom. The van der Waals surface area contributed by atoms with Gasteiger partial charge in [-0.1, -0.05) is 44.0 Å². The maximum absolute atomic E-state index is 10.9. The van der Waals surface area contributed by atoms with Gasteiger partial charge in [-0.05, 0) is 41.8 Å². The van der Waals surface area contributed by atoms with E-state index < -0.39 is 0 Å². The van der Waals surface area contributed by atoms with E-state index in [0.717, 1.165) is 29.9 Å². The Labute approximate surface area is 131 Å². The van der Waals surface area contributed by atoms with E-state index in [1.165, 1.54) is 19.8 Å². The SMILES string of the molecule is CCCCCOc1cccc(-c2ccc(OC(C)=O)cc2)c1. The lowest BCUT2D eigenvalue weighted by Crippen LogP contribution is -2.00. The fourth-order valence-electron chi connectivity index (χ4n) is 2.19. The molecule has 0 aliphatic carbocycles. The molecule has 3 heteroatoms. The molecule has 0 unspecified atom stereocenters. The van der Waals surface area contributed by atoms with Gasteiger partial charge < -0.3 is 9.47 Å². The lowest BCUT2D eigenvalue weighted by atomic mass is 10.1. The fraction of sp³-hybridized carbons (Fsp3) is 0.316. The summed E-state index contributed by atoms with van der Waals surface area (Å²) >= 11 is 0. The van der Waals surface area contributed by atoms with Gasteiger partial charge in [-0.2, -0.15) is 0 Å². The maximum atomic E-state index is 10.9. The van der Waals surface area contributed by atoms with Crippen LogP contribution in [0.3, 0.4) is 0 Å². The average Bonchev–Trinajstić information content (AvgIpc) is 2.52. The Kier molecular flexibility index (Phi) is 6.01. The molecule has 0 aromatic heterocycles. The Balaban J connectivity index is 2.03. The van der Waals surface area contributed by atoms with Crippen LogP contribution in [0, 0.1) is 0 Å². The quantitative estimate of drug-likeness (QED) is 0.416. The zero-order valence-corrected chi connectivity index (χ0v) is 13.2. The molecule has 22 heavy (non-hydrogen) atoms. The number of unbranched alkanes of at least 4 members (excludes halogenated alkanes) is 2. The first-order valence-corrected chi connectivity index (χ1v) is 7.71. The second kappa shape index (κ2) is 8.23. The van der Waals surface area contributed by atoms with E-state index in [0.29, 0.717) is 5.75 Å². The van der Waals surface area contributed by atoms with Crippen LogP contribution in [0.2, 0.25) is 0 Å². The summed E-state index contributed by atoms with van der Waals surface area (Å²) in [6.45, 7) is 4.33. The molecule has 3 nitrogen and oxygen atoms in total. The zero-order valence-electron chi connectivity index (χ0n) is 13.2. The highest BCUT2D eigenvalue weighted by molar-refractivity contribution is 5.70. The van der Waals surface area contributed by atoms with Gasteiger partial charge in [0.05, 0.1) is 6.61 Å². The third-order valence-corrected chi connectivity index (χ3v) is 3.30. The monoisotopic (exact) mass is 298 g/mol. The molecule has 0 atom stereocenters. The van der Waals surface area contributed by atoms with Gasteiger partial charge >= 0.3 is 5.97 Å². The number of ether oxygens (including phenoxy) is 2. The number of carbonyl (C=O) groups excluding carboxylic acids is 1. The van der Waals surface area contributed by atoms with Crippen molar-refractivity contribution >= 4 is 5.97 Å². The van der Waals surface area contributed by atoms with Crippen LogP contribution in [0.4, 0.5) is 0 Å². The predicted octanol–water partition coefficient (Wildman–Crippen LogP) is 4.85. The smallest absolute Gasteiger partial charge is 0.308 e. The van der Waals surface area contributed by atoms with Crippen molar-refractivity contribution in [3.8, 4) is 22.6 Å². The lowest BCUT2D eigenvalue weighted by Gasteiger charge is -2.08. The molecule has 0 heterocycles. The summed E-state index contributed by atoms with van der Waals surface area (Å²) in [7, 11) is 0. The first-order valence-electron chi connectivity index (χ1n) is 7.71. The van der Waals surface area contributed by atoms with Gasteiger partial charge in [0.15, 0.2) is 0 Å². The molecule has 0 radical (unpaired) electrons. The average molecular weight is 298 g/mol. The fourth-order valence-corrected chi connectivity index (χ4v) is 2.19. The molecule has 0 amide bonds. The van der Waals surface area contributed by atoms with Crippen LogP contribution in [-0.2, 0) is 4.79 Å². The van der Waals surface area contributed by atoms with E-state index in [-0.39, 0.29) is 5.97 Å². The summed E-state index contributed by atoms with van der Waals surface area (Å²) in [4.78, 5) is 10.9. The summed E-state index contributed by atoms with van der Waals surface area (Å²) in [5, 5.41) is 0. The van der Waals surface area contributed by atoms with E-state index in [1.807, 2.05) is 36.4 Å². The molecule has 2 rings (SSSR count). The first kappa shape index (κ1) is 16.1. The molecular formula is C19H22O3. The number of esters is 1. The molecule has 2 aromatic rings. The molecular weight excluding hydrogens is 276 g/mol. The van der Waals surface area contributed by atoms with Crippen molar-refractivity contribution in [3.05, 3.63) is 48.5 Å². The first-order chi connectivity index (χ1) is 10.7. The maximum Gasteiger partial charge on any atom is 0.308 e. The minimum absolute atomic E-state index is 0.310. The van der Waals surface area contributed by atoms with E-state index >= 15 is 0 Å². The van der Waals surface area contributed by atoms with Crippen LogP contribution in [0.15, 0.2) is 48.5 Å². The van der Waals surface area contributed by atoms with Gasteiger partial charge in [0.1, 0.15) is 11.5 Å². The van der Waals surface area contributed by atoms with Crippen LogP contribution in [0.1, 0.15) is 33.1 Å². The Morgan fingerprint density at radius 3 is 2.41 bits per heavy atom. The second-order valence-electron chi connectivity index (χ2n) is 5.20. The largest absolute Gasteiger partial charge is 0.494 e. The number of benzene rings is 2. The second-order valence-corrected chi connectivity index (χ2v) is 5.20. The van der Waals surface area contributed by atoms with E-state index in [2.05, 4.69) is 6.92 Å². The highest BCUT2D eigenvalue weighted by Crippen LogP contribution is 2.26. The van der Waals surface area contributed by atoms with E-state index in [1.54, 1.807) is 12.1 Å². The van der Waals surface area contributed by atoms with Crippen molar-refractivity contribution in [2.45, 2.75) is 33.1 Å². The van der Waals surface area contributed by atoms with Crippen molar-refractivity contribution in [3.63, 3.8) is 0 Å². The standard InChI is InChI=1S/C19H22O3/c1-3-4-5-13-21-19-8-6-7-17(14-19)16-9-11-18(12-10-16)22-15(2)20/h6-12,14H,3-5,13H2,1-2H3. The third-order valence-electron chi connectivity index (χ3n) is 3.30. The molecule has 116 valence electrons. The van der Waals surface area contributed by atoms with Gasteiger partial charge in [-0.25, -0.2) is 0 Å². The molecule has 0 aliphatic heterocycles. The van der Waals surface area contributed by atoms with Crippen molar-refractivity contribution in [2.24, 2.45) is 0 Å². The molecule has 0 fully saturated rings. The zero-order chi connectivity index (χ0) is 15.8. The van der Waals surface area contributed by atoms with Crippen molar-refractivity contribution in [1.82, 2.24) is 0 Å². The number of carbonyl (C=O) groups is 1. The minimum Gasteiger partial charge on any atom is -0.494 e. The summed E-state index contributed by atoms with van der Waals surface area (Å²) < 4.78 is 10.8. The lowest BCUT2D eigenvalue weighted by molar-refractivity contribution is -0.131. The normalized spacial score (nSPS) is 10.3. The van der Waals surface area contributed by atoms with Gasteiger partial charge in [0.2, 0.25) is 0 Å². The van der Waals surface area contributed by atoms with Crippen LogP contribution < -0.4 is 9.47 Å². The Bertz CT molecular complexity index is 602. The molecule has 0 saturated heterocycles. The van der Waals surface area contributed by atoms with Crippen LogP contribution >= 0.6 is 0 Å². The highest BCUT2D eigenvalue weighted by Gasteiger charge is 2.02. The van der Waals surface area contributed by atoms with Crippen molar-refractivity contribution in [2.75, 3.05) is 6.61 Å². The van der Waals surface area contributed by atoms with Crippen molar-refractivity contribution in [1.29, 1.82) is 0 Å². The van der Waals surface area contributed by atoms with Gasteiger partial charge in [-0.15, -0.1) is 0 Å². The van der Waals surface area contributed by atoms with Gasteiger partial charge in [-0.3, -0.25) is 4.79 Å². The molecule has 0 spiro atoms. The molecule has 0 saturated carbocycles. The third kappa shape index (κ3) is 4.92. The van der Waals surface area contributed by atoms with Crippen molar-refractivity contribution < 1.29 is 14.3 Å². The Morgan fingerprint density at radius 1 is 0.955 bits per heavy atom. The highest BCUT2D eigenvalue weighted by atomic mass is 16.5. The van der Waals surface area contributed by atoms with Gasteiger partial charge in [0, 0.05) is 6.92 Å². The minimum atomic E-state index is -0.310.